The number of carbonyl (C=O) groups is 2. The second-order valence-electron chi connectivity index (χ2n) is 5.29. The molecule has 1 amide bonds. The smallest absolute Gasteiger partial charge is 0.320 e. The van der Waals surface area contributed by atoms with Crippen molar-refractivity contribution in [3.05, 3.63) is 40.9 Å². The van der Waals surface area contributed by atoms with Gasteiger partial charge in [0, 0.05) is 37.3 Å². The van der Waals surface area contributed by atoms with Gasteiger partial charge in [0.15, 0.2) is 0 Å². The van der Waals surface area contributed by atoms with Gasteiger partial charge in [0.1, 0.15) is 0 Å². The van der Waals surface area contributed by atoms with Crippen molar-refractivity contribution in [2.24, 2.45) is 0 Å². The van der Waals surface area contributed by atoms with Gasteiger partial charge >= 0.3 is 5.97 Å². The fourth-order valence-corrected chi connectivity index (χ4v) is 2.49. The van der Waals surface area contributed by atoms with Crippen LogP contribution in [0.25, 0.3) is 6.08 Å². The summed E-state index contributed by atoms with van der Waals surface area (Å²) >= 11 is 5.83. The minimum atomic E-state index is -0.213. The molecule has 0 unspecified atom stereocenters. The highest BCUT2D eigenvalue weighted by molar-refractivity contribution is 6.30. The Labute approximate surface area is 153 Å². The molecule has 1 aliphatic rings. The second kappa shape index (κ2) is 10.3. The van der Waals surface area contributed by atoms with Gasteiger partial charge in [0.25, 0.3) is 0 Å². The predicted molar refractivity (Wildman–Crippen MR) is 97.4 cm³/mol. The van der Waals surface area contributed by atoms with Gasteiger partial charge in [0.2, 0.25) is 5.91 Å². The Kier molecular flexibility index (Phi) is 8.82. The van der Waals surface area contributed by atoms with Gasteiger partial charge in [-0.05, 0) is 30.7 Å². The van der Waals surface area contributed by atoms with Crippen LogP contribution in [0.2, 0.25) is 5.02 Å². The summed E-state index contributed by atoms with van der Waals surface area (Å²) in [6, 6.07) is 7.31. The molecule has 0 spiro atoms. The summed E-state index contributed by atoms with van der Waals surface area (Å²) in [7, 11) is 0. The lowest BCUT2D eigenvalue weighted by molar-refractivity contribution is -0.145. The average molecular weight is 373 g/mol. The van der Waals surface area contributed by atoms with Gasteiger partial charge in [-0.25, -0.2) is 0 Å². The first-order chi connectivity index (χ1) is 11.1. The van der Waals surface area contributed by atoms with Crippen LogP contribution in [0, 0.1) is 0 Å². The number of esters is 1. The first kappa shape index (κ1) is 20.5. The molecule has 7 heteroatoms. The van der Waals surface area contributed by atoms with E-state index < -0.39 is 0 Å². The van der Waals surface area contributed by atoms with Crippen LogP contribution in [-0.4, -0.2) is 61.0 Å². The van der Waals surface area contributed by atoms with Crippen LogP contribution in [0.4, 0.5) is 0 Å². The number of amides is 1. The molecule has 0 radical (unpaired) electrons. The summed E-state index contributed by atoms with van der Waals surface area (Å²) in [5.41, 5.74) is 0.934. The van der Waals surface area contributed by atoms with E-state index in [0.29, 0.717) is 37.8 Å². The highest BCUT2D eigenvalue weighted by atomic mass is 35.5. The third kappa shape index (κ3) is 6.51. The number of ether oxygens (including phenoxy) is 1. The van der Waals surface area contributed by atoms with Gasteiger partial charge in [-0.3, -0.25) is 14.5 Å². The van der Waals surface area contributed by atoms with Crippen LogP contribution in [-0.2, 0) is 14.3 Å². The lowest BCUT2D eigenvalue weighted by Crippen LogP contribution is -2.49. The van der Waals surface area contributed by atoms with Gasteiger partial charge in [-0.15, -0.1) is 12.4 Å². The molecule has 5 nitrogen and oxygen atoms in total. The largest absolute Gasteiger partial charge is 0.465 e. The quantitative estimate of drug-likeness (QED) is 0.588. The highest BCUT2D eigenvalue weighted by Crippen LogP contribution is 2.11. The Balaban J connectivity index is 0.00000288. The molecule has 0 bridgehead atoms. The third-order valence-corrected chi connectivity index (χ3v) is 3.88. The number of rotatable bonds is 5. The third-order valence-electron chi connectivity index (χ3n) is 3.63. The van der Waals surface area contributed by atoms with E-state index in [-0.39, 0.29) is 30.8 Å². The Hall–Kier alpha value is -1.56. The van der Waals surface area contributed by atoms with Crippen LogP contribution in [0.1, 0.15) is 12.5 Å². The molecule has 1 heterocycles. The molecule has 1 aromatic carbocycles. The minimum absolute atomic E-state index is 0. The van der Waals surface area contributed by atoms with Gasteiger partial charge < -0.3 is 9.64 Å². The fraction of sp³-hybridized carbons (Fsp3) is 0.412. The molecule has 24 heavy (non-hydrogen) atoms. The molecular weight excluding hydrogens is 351 g/mol. The van der Waals surface area contributed by atoms with Crippen LogP contribution >= 0.6 is 24.0 Å². The predicted octanol–water partition coefficient (Wildman–Crippen LogP) is 2.48. The SMILES string of the molecule is CCOC(=O)CN1CCN(C(=O)/C=C/c2ccc(Cl)cc2)CC1.Cl. The summed E-state index contributed by atoms with van der Waals surface area (Å²) in [6.07, 6.45) is 3.36. The van der Waals surface area contributed by atoms with Gasteiger partial charge in [-0.1, -0.05) is 23.7 Å². The Morgan fingerprint density at radius 1 is 1.17 bits per heavy atom. The molecule has 0 atom stereocenters. The first-order valence-electron chi connectivity index (χ1n) is 7.69. The number of hydrogen-bond donors (Lipinski definition) is 0. The Morgan fingerprint density at radius 2 is 1.79 bits per heavy atom. The number of piperazine rings is 1. The van der Waals surface area contributed by atoms with Crippen molar-refractivity contribution in [2.45, 2.75) is 6.92 Å². The summed E-state index contributed by atoms with van der Waals surface area (Å²) in [6.45, 7) is 5.07. The minimum Gasteiger partial charge on any atom is -0.465 e. The molecule has 2 rings (SSSR count). The first-order valence-corrected chi connectivity index (χ1v) is 8.07. The molecule has 0 N–H and O–H groups in total. The monoisotopic (exact) mass is 372 g/mol. The second-order valence-corrected chi connectivity index (χ2v) is 5.73. The van der Waals surface area contributed by atoms with Crippen molar-refractivity contribution in [3.8, 4) is 0 Å². The molecule has 0 saturated carbocycles. The van der Waals surface area contributed by atoms with Crippen molar-refractivity contribution < 1.29 is 14.3 Å². The summed E-state index contributed by atoms with van der Waals surface area (Å²) in [5.74, 6) is -0.231. The van der Waals surface area contributed by atoms with E-state index in [4.69, 9.17) is 16.3 Å². The fourth-order valence-electron chi connectivity index (χ4n) is 2.36. The van der Waals surface area contributed by atoms with E-state index in [1.807, 2.05) is 17.0 Å². The summed E-state index contributed by atoms with van der Waals surface area (Å²) < 4.78 is 4.93. The van der Waals surface area contributed by atoms with Gasteiger partial charge in [-0.2, -0.15) is 0 Å². The van der Waals surface area contributed by atoms with E-state index in [0.717, 1.165) is 5.56 Å². The van der Waals surface area contributed by atoms with Crippen molar-refractivity contribution in [1.82, 2.24) is 9.80 Å². The average Bonchev–Trinajstić information content (AvgIpc) is 2.55. The maximum Gasteiger partial charge on any atom is 0.320 e. The van der Waals surface area contributed by atoms with Crippen LogP contribution < -0.4 is 0 Å². The number of carbonyl (C=O) groups excluding carboxylic acids is 2. The molecule has 1 saturated heterocycles. The number of benzene rings is 1. The van der Waals surface area contributed by atoms with Crippen LogP contribution in [0.15, 0.2) is 30.3 Å². The van der Waals surface area contributed by atoms with Crippen molar-refractivity contribution >= 4 is 42.0 Å². The highest BCUT2D eigenvalue weighted by Gasteiger charge is 2.21. The number of hydrogen-bond acceptors (Lipinski definition) is 4. The topological polar surface area (TPSA) is 49.9 Å². The molecule has 0 aromatic heterocycles. The summed E-state index contributed by atoms with van der Waals surface area (Å²) in [4.78, 5) is 27.4. The van der Waals surface area contributed by atoms with Gasteiger partial charge in [0.05, 0.1) is 13.2 Å². The number of nitrogens with zero attached hydrogens (tertiary/aromatic N) is 2. The molecule has 0 aliphatic carbocycles. The van der Waals surface area contributed by atoms with Crippen molar-refractivity contribution in [1.29, 1.82) is 0 Å². The molecule has 132 valence electrons. The zero-order valence-corrected chi connectivity index (χ0v) is 15.2. The maximum absolute atomic E-state index is 12.2. The Bertz CT molecular complexity index is 568. The van der Waals surface area contributed by atoms with Crippen molar-refractivity contribution in [2.75, 3.05) is 39.3 Å². The standard InChI is InChI=1S/C17H21ClN2O3.ClH/c1-2-23-17(22)13-19-9-11-20(12-10-19)16(21)8-5-14-3-6-15(18)7-4-14;/h3-8H,2,9-13H2,1H3;1H/b8-5+;. The van der Waals surface area contributed by atoms with E-state index in [2.05, 4.69) is 0 Å². The molecule has 1 aliphatic heterocycles. The number of halogens is 2. The molecule has 1 fully saturated rings. The lowest BCUT2D eigenvalue weighted by Gasteiger charge is -2.33. The van der Waals surface area contributed by atoms with E-state index in [1.165, 1.54) is 0 Å². The normalized spacial score (nSPS) is 15.2. The van der Waals surface area contributed by atoms with Crippen LogP contribution in [0.5, 0.6) is 0 Å². The Morgan fingerprint density at radius 3 is 2.38 bits per heavy atom. The van der Waals surface area contributed by atoms with E-state index in [1.54, 1.807) is 36.1 Å². The zero-order chi connectivity index (χ0) is 16.7. The zero-order valence-electron chi connectivity index (χ0n) is 13.6. The molecule has 1 aromatic rings. The van der Waals surface area contributed by atoms with Crippen LogP contribution in [0.3, 0.4) is 0 Å². The maximum atomic E-state index is 12.2. The van der Waals surface area contributed by atoms with E-state index >= 15 is 0 Å². The molecular formula is C17H22Cl2N2O3. The van der Waals surface area contributed by atoms with E-state index in [9.17, 15) is 9.59 Å². The lowest BCUT2D eigenvalue weighted by atomic mass is 10.2. The summed E-state index contributed by atoms with van der Waals surface area (Å²) in [5, 5.41) is 0.672. The van der Waals surface area contributed by atoms with Crippen molar-refractivity contribution in [3.63, 3.8) is 0 Å².